The van der Waals surface area contributed by atoms with E-state index in [1.807, 2.05) is 29.9 Å². The molecular weight excluding hydrogens is 150 g/mol. The second-order valence-electron chi connectivity index (χ2n) is 2.63. The highest BCUT2D eigenvalue weighted by atomic mass is 15.0. The van der Waals surface area contributed by atoms with Gasteiger partial charge in [-0.05, 0) is 12.1 Å². The summed E-state index contributed by atoms with van der Waals surface area (Å²) in [5, 5.41) is 0. The van der Waals surface area contributed by atoms with E-state index in [0.717, 1.165) is 11.3 Å². The minimum atomic E-state index is 1.11. The fraction of sp³-hybridized carbons (Fsp3) is 0.111. The Bertz CT molecular complexity index is 364. The van der Waals surface area contributed by atoms with Crippen molar-refractivity contribution in [2.24, 2.45) is 7.05 Å². The molecule has 0 fully saturated rings. The molecule has 0 saturated heterocycles. The maximum Gasteiger partial charge on any atom is 0.0948 e. The van der Waals surface area contributed by atoms with Crippen LogP contribution in [0.1, 0.15) is 0 Å². The molecule has 0 atom stereocenters. The Kier molecular flexibility index (Phi) is 1.63. The summed E-state index contributed by atoms with van der Waals surface area (Å²) in [5.74, 6) is 0. The van der Waals surface area contributed by atoms with Crippen molar-refractivity contribution in [3.63, 3.8) is 0 Å². The van der Waals surface area contributed by atoms with Crippen LogP contribution >= 0.6 is 0 Å². The molecule has 2 heterocycles. The summed E-state index contributed by atoms with van der Waals surface area (Å²) in [6.45, 7) is 0. The first-order chi connectivity index (χ1) is 5.88. The summed E-state index contributed by atoms with van der Waals surface area (Å²) >= 11 is 0. The lowest BCUT2D eigenvalue weighted by atomic mass is 10.2. The minimum absolute atomic E-state index is 1.11. The zero-order chi connectivity index (χ0) is 8.39. The van der Waals surface area contributed by atoms with E-state index in [1.54, 1.807) is 18.7 Å². The first-order valence-electron chi connectivity index (χ1n) is 3.74. The van der Waals surface area contributed by atoms with Crippen LogP contribution in [0.15, 0.2) is 37.1 Å². The van der Waals surface area contributed by atoms with E-state index in [2.05, 4.69) is 9.97 Å². The van der Waals surface area contributed by atoms with Crippen LogP contribution in [0.3, 0.4) is 0 Å². The number of nitrogens with zero attached hydrogens (tertiary/aromatic N) is 3. The fourth-order valence-electron chi connectivity index (χ4n) is 1.16. The molecule has 0 aromatic carbocycles. The average Bonchev–Trinajstić information content (AvgIpc) is 2.53. The number of imidazole rings is 1. The van der Waals surface area contributed by atoms with Crippen molar-refractivity contribution >= 4 is 0 Å². The van der Waals surface area contributed by atoms with Gasteiger partial charge in [0.05, 0.1) is 18.2 Å². The molecule has 3 nitrogen and oxygen atoms in total. The molecule has 0 radical (unpaired) electrons. The summed E-state index contributed by atoms with van der Waals surface area (Å²) in [7, 11) is 1.97. The van der Waals surface area contributed by atoms with Gasteiger partial charge in [-0.25, -0.2) is 4.98 Å². The van der Waals surface area contributed by atoms with Gasteiger partial charge < -0.3 is 4.57 Å². The Labute approximate surface area is 70.7 Å². The Hall–Kier alpha value is -1.64. The van der Waals surface area contributed by atoms with Gasteiger partial charge in [0.2, 0.25) is 0 Å². The molecule has 0 aliphatic carbocycles. The number of hydrogen-bond donors (Lipinski definition) is 0. The number of aromatic nitrogens is 3. The van der Waals surface area contributed by atoms with Crippen molar-refractivity contribution in [1.29, 1.82) is 0 Å². The third-order valence-corrected chi connectivity index (χ3v) is 1.79. The summed E-state index contributed by atoms with van der Waals surface area (Å²) < 4.78 is 1.98. The van der Waals surface area contributed by atoms with Gasteiger partial charge >= 0.3 is 0 Å². The fourth-order valence-corrected chi connectivity index (χ4v) is 1.16. The average molecular weight is 159 g/mol. The molecule has 12 heavy (non-hydrogen) atoms. The topological polar surface area (TPSA) is 30.7 Å². The molecule has 0 spiro atoms. The minimum Gasteiger partial charge on any atom is -0.334 e. The van der Waals surface area contributed by atoms with Crippen LogP contribution in [0.2, 0.25) is 0 Å². The van der Waals surface area contributed by atoms with Gasteiger partial charge in [-0.15, -0.1) is 0 Å². The van der Waals surface area contributed by atoms with Crippen molar-refractivity contribution in [3.8, 4) is 11.3 Å². The summed E-state index contributed by atoms with van der Waals surface area (Å²) in [6, 6.07) is 3.94. The third-order valence-electron chi connectivity index (χ3n) is 1.79. The molecule has 3 heteroatoms. The quantitative estimate of drug-likeness (QED) is 0.631. The summed E-state index contributed by atoms with van der Waals surface area (Å²) in [6.07, 6.45) is 7.19. The lowest BCUT2D eigenvalue weighted by Crippen LogP contribution is -1.88. The molecule has 2 rings (SSSR count). The zero-order valence-corrected chi connectivity index (χ0v) is 6.81. The molecule has 0 N–H and O–H groups in total. The second kappa shape index (κ2) is 2.77. The first kappa shape index (κ1) is 7.03. The smallest absolute Gasteiger partial charge is 0.0948 e. The lowest BCUT2D eigenvalue weighted by Gasteiger charge is -1.99. The number of aryl methyl sites for hydroxylation is 1. The Morgan fingerprint density at radius 2 is 1.92 bits per heavy atom. The standard InChI is InChI=1S/C9H9N3/c1-12-7-11-6-9(12)8-2-4-10-5-3-8/h2-7H,1H3. The Morgan fingerprint density at radius 1 is 1.17 bits per heavy atom. The second-order valence-corrected chi connectivity index (χ2v) is 2.63. The van der Waals surface area contributed by atoms with Crippen molar-refractivity contribution in [1.82, 2.24) is 14.5 Å². The van der Waals surface area contributed by atoms with E-state index in [-0.39, 0.29) is 0 Å². The van der Waals surface area contributed by atoms with E-state index in [1.165, 1.54) is 0 Å². The van der Waals surface area contributed by atoms with Gasteiger partial charge in [-0.1, -0.05) is 0 Å². The molecule has 60 valence electrons. The lowest BCUT2D eigenvalue weighted by molar-refractivity contribution is 0.921. The molecule has 0 aliphatic rings. The van der Waals surface area contributed by atoms with Gasteiger partial charge in [0.1, 0.15) is 0 Å². The Morgan fingerprint density at radius 3 is 2.50 bits per heavy atom. The van der Waals surface area contributed by atoms with Crippen LogP contribution in [0.25, 0.3) is 11.3 Å². The SMILES string of the molecule is Cn1cncc1-c1ccncc1. The van der Waals surface area contributed by atoms with E-state index in [4.69, 9.17) is 0 Å². The maximum absolute atomic E-state index is 4.04. The molecule has 0 saturated carbocycles. The third kappa shape index (κ3) is 1.09. The molecule has 0 aliphatic heterocycles. The van der Waals surface area contributed by atoms with Crippen LogP contribution in [0.5, 0.6) is 0 Å². The molecule has 2 aromatic heterocycles. The molecular formula is C9H9N3. The van der Waals surface area contributed by atoms with E-state index in [9.17, 15) is 0 Å². The van der Waals surface area contributed by atoms with E-state index >= 15 is 0 Å². The molecule has 2 aromatic rings. The van der Waals surface area contributed by atoms with Crippen molar-refractivity contribution < 1.29 is 0 Å². The van der Waals surface area contributed by atoms with E-state index in [0.29, 0.717) is 0 Å². The Balaban J connectivity index is 2.51. The van der Waals surface area contributed by atoms with Crippen LogP contribution in [-0.2, 0) is 7.05 Å². The van der Waals surface area contributed by atoms with Crippen LogP contribution in [-0.4, -0.2) is 14.5 Å². The van der Waals surface area contributed by atoms with Crippen molar-refractivity contribution in [2.45, 2.75) is 0 Å². The monoisotopic (exact) mass is 159 g/mol. The normalized spacial score (nSPS) is 10.1. The maximum atomic E-state index is 4.04. The number of hydrogen-bond acceptors (Lipinski definition) is 2. The van der Waals surface area contributed by atoms with Crippen LogP contribution in [0, 0.1) is 0 Å². The number of pyridine rings is 1. The van der Waals surface area contributed by atoms with Gasteiger partial charge in [0.25, 0.3) is 0 Å². The van der Waals surface area contributed by atoms with Crippen molar-refractivity contribution in [2.75, 3.05) is 0 Å². The van der Waals surface area contributed by atoms with Crippen LogP contribution < -0.4 is 0 Å². The predicted molar refractivity (Wildman–Crippen MR) is 46.4 cm³/mol. The van der Waals surface area contributed by atoms with Gasteiger partial charge in [0.15, 0.2) is 0 Å². The first-order valence-corrected chi connectivity index (χ1v) is 3.74. The van der Waals surface area contributed by atoms with Crippen molar-refractivity contribution in [3.05, 3.63) is 37.1 Å². The van der Waals surface area contributed by atoms with Gasteiger partial charge in [-0.3, -0.25) is 4.98 Å². The summed E-state index contributed by atoms with van der Waals surface area (Å²) in [5.41, 5.74) is 2.25. The van der Waals surface area contributed by atoms with E-state index < -0.39 is 0 Å². The highest BCUT2D eigenvalue weighted by molar-refractivity contribution is 5.57. The van der Waals surface area contributed by atoms with Gasteiger partial charge in [0, 0.05) is 25.0 Å². The highest BCUT2D eigenvalue weighted by Crippen LogP contribution is 2.15. The largest absolute Gasteiger partial charge is 0.334 e. The number of rotatable bonds is 1. The molecule has 0 amide bonds. The molecule has 0 bridgehead atoms. The highest BCUT2D eigenvalue weighted by Gasteiger charge is 1.99. The zero-order valence-electron chi connectivity index (χ0n) is 6.81. The predicted octanol–water partition coefficient (Wildman–Crippen LogP) is 1.48. The van der Waals surface area contributed by atoms with Gasteiger partial charge in [-0.2, -0.15) is 0 Å². The van der Waals surface area contributed by atoms with Crippen LogP contribution in [0.4, 0.5) is 0 Å². The summed E-state index contributed by atoms with van der Waals surface area (Å²) in [4.78, 5) is 8.00. The molecule has 0 unspecified atom stereocenters.